The maximum atomic E-state index is 12.9. The Kier molecular flexibility index (Phi) is 7.40. The van der Waals surface area contributed by atoms with Crippen LogP contribution in [-0.4, -0.2) is 58.7 Å². The summed E-state index contributed by atoms with van der Waals surface area (Å²) in [6.07, 6.45) is -4.82. The van der Waals surface area contributed by atoms with Crippen molar-refractivity contribution in [1.82, 2.24) is 0 Å². The van der Waals surface area contributed by atoms with Gasteiger partial charge in [-0.2, -0.15) is 13.2 Å². The first-order chi connectivity index (χ1) is 10.3. The molecule has 0 amide bonds. The number of rotatable bonds is 7. The molecular formula is C14H33F3O3Si4. The second-order valence-corrected chi connectivity index (χ2v) is 30.9. The average molecular weight is 419 g/mol. The fraction of sp³-hybridized carbons (Fsp3) is 0.929. The summed E-state index contributed by atoms with van der Waals surface area (Å²) in [4.78, 5) is 11.7. The van der Waals surface area contributed by atoms with Crippen molar-refractivity contribution in [2.24, 2.45) is 0 Å². The van der Waals surface area contributed by atoms with Crippen LogP contribution in [0.4, 0.5) is 13.2 Å². The molecule has 0 bridgehead atoms. The second-order valence-electron chi connectivity index (χ2n) is 9.41. The minimum absolute atomic E-state index is 0.140. The van der Waals surface area contributed by atoms with Crippen molar-refractivity contribution in [3.8, 4) is 0 Å². The summed E-state index contributed by atoms with van der Waals surface area (Å²) in [5.41, 5.74) is 0. The van der Waals surface area contributed by atoms with Crippen molar-refractivity contribution >= 4 is 39.2 Å². The van der Waals surface area contributed by atoms with Crippen LogP contribution in [0.2, 0.25) is 62.8 Å². The summed E-state index contributed by atoms with van der Waals surface area (Å²) in [5.74, 6) is -2.05. The number of ether oxygens (including phenoxy) is 1. The van der Waals surface area contributed by atoms with Crippen molar-refractivity contribution in [3.05, 3.63) is 0 Å². The van der Waals surface area contributed by atoms with Crippen LogP contribution >= 0.6 is 0 Å². The van der Waals surface area contributed by atoms with E-state index in [4.69, 9.17) is 9.16 Å². The highest BCUT2D eigenvalue weighted by molar-refractivity contribution is 7.25. The zero-order valence-corrected chi connectivity index (χ0v) is 20.8. The molecule has 10 heteroatoms. The molecule has 0 rings (SSSR count). The van der Waals surface area contributed by atoms with Crippen molar-refractivity contribution in [2.75, 3.05) is 13.3 Å². The molecule has 0 aromatic carbocycles. The fourth-order valence-corrected chi connectivity index (χ4v) is 46.5. The Hall–Kier alpha value is 0.0875. The Bertz CT molecular complexity index is 412. The number of halogens is 3. The molecule has 1 unspecified atom stereocenters. The first-order valence-electron chi connectivity index (χ1n) is 8.10. The highest BCUT2D eigenvalue weighted by Crippen LogP contribution is 2.56. The van der Waals surface area contributed by atoms with Gasteiger partial charge in [-0.05, 0) is 3.91 Å². The Morgan fingerprint density at radius 1 is 0.875 bits per heavy atom. The van der Waals surface area contributed by atoms with Crippen LogP contribution in [0.1, 0.15) is 0 Å². The lowest BCUT2D eigenvalue weighted by Crippen LogP contribution is -2.74. The third-order valence-electron chi connectivity index (χ3n) is 4.83. The highest BCUT2D eigenvalue weighted by Gasteiger charge is 2.66. The first kappa shape index (κ1) is 24.1. The maximum Gasteiger partial charge on any atom is 0.489 e. The topological polar surface area (TPSA) is 35.5 Å². The molecule has 0 spiro atoms. The molecule has 144 valence electrons. The molecule has 3 nitrogen and oxygen atoms in total. The molecule has 0 heterocycles. The Labute approximate surface area is 149 Å². The van der Waals surface area contributed by atoms with Crippen LogP contribution < -0.4 is 0 Å². The van der Waals surface area contributed by atoms with E-state index in [0.717, 1.165) is 0 Å². The van der Waals surface area contributed by atoms with Gasteiger partial charge in [-0.3, -0.25) is 0 Å². The molecule has 0 aromatic rings. The van der Waals surface area contributed by atoms with E-state index in [1.165, 1.54) is 7.11 Å². The van der Waals surface area contributed by atoms with Crippen LogP contribution in [0.15, 0.2) is 0 Å². The Morgan fingerprint density at radius 3 is 1.42 bits per heavy atom. The fourth-order valence-electron chi connectivity index (χ4n) is 5.42. The van der Waals surface area contributed by atoms with Gasteiger partial charge in [0.1, 0.15) is 0 Å². The van der Waals surface area contributed by atoms with Gasteiger partial charge in [-0.25, -0.2) is 4.79 Å². The van der Waals surface area contributed by atoms with Crippen LogP contribution in [0.3, 0.4) is 0 Å². The monoisotopic (exact) mass is 418 g/mol. The van der Waals surface area contributed by atoms with Gasteiger partial charge in [0.15, 0.2) is 0 Å². The SMILES string of the molecule is COC[SiH](OC(=O)C(F)(F)F)C([Si](C)(C)C)([Si](C)(C)C)[Si](C)(C)C. The van der Waals surface area contributed by atoms with Crippen molar-refractivity contribution in [2.45, 2.75) is 69.0 Å². The van der Waals surface area contributed by atoms with Gasteiger partial charge in [0, 0.05) is 31.3 Å². The molecular weight excluding hydrogens is 385 g/mol. The highest BCUT2D eigenvalue weighted by atomic mass is 28.5. The molecule has 1 atom stereocenters. The number of alkyl halides is 3. The number of hydrogen-bond donors (Lipinski definition) is 0. The molecule has 0 aliphatic rings. The summed E-state index contributed by atoms with van der Waals surface area (Å²) in [5, 5.41) is 0. The quantitative estimate of drug-likeness (QED) is 0.576. The van der Waals surface area contributed by atoms with Gasteiger partial charge in [-0.15, -0.1) is 0 Å². The molecule has 0 aliphatic carbocycles. The van der Waals surface area contributed by atoms with E-state index < -0.39 is 45.4 Å². The van der Waals surface area contributed by atoms with E-state index in [0.29, 0.717) is 0 Å². The Balaban J connectivity index is 6.48. The lowest BCUT2D eigenvalue weighted by molar-refractivity contribution is -0.190. The van der Waals surface area contributed by atoms with Gasteiger partial charge in [-0.1, -0.05) is 58.9 Å². The summed E-state index contributed by atoms with van der Waals surface area (Å²) in [7, 11) is -7.07. The van der Waals surface area contributed by atoms with Crippen LogP contribution in [0.25, 0.3) is 0 Å². The van der Waals surface area contributed by atoms with E-state index in [1.54, 1.807) is 0 Å². The normalized spacial score (nSPS) is 16.0. The van der Waals surface area contributed by atoms with Gasteiger partial charge in [0.2, 0.25) is 0 Å². The lowest BCUT2D eigenvalue weighted by Gasteiger charge is -2.61. The van der Waals surface area contributed by atoms with E-state index in [2.05, 4.69) is 58.9 Å². The molecule has 0 aromatic heterocycles. The number of methoxy groups -OCH3 is 1. The predicted octanol–water partition coefficient (Wildman–Crippen LogP) is 4.37. The third-order valence-corrected chi connectivity index (χ3v) is 38.2. The molecule has 0 N–H and O–H groups in total. The van der Waals surface area contributed by atoms with Gasteiger partial charge >= 0.3 is 12.1 Å². The zero-order chi connectivity index (χ0) is 19.8. The smallest absolute Gasteiger partial charge is 0.489 e. The molecule has 0 aliphatic heterocycles. The van der Waals surface area contributed by atoms with Crippen LogP contribution in [-0.2, 0) is 14.0 Å². The van der Waals surface area contributed by atoms with Gasteiger partial charge < -0.3 is 9.16 Å². The third kappa shape index (κ3) is 4.62. The summed E-state index contributed by atoms with van der Waals surface area (Å²) < 4.78 is 48.9. The zero-order valence-electron chi connectivity index (χ0n) is 16.6. The van der Waals surface area contributed by atoms with E-state index in [1.807, 2.05) is 0 Å². The summed E-state index contributed by atoms with van der Waals surface area (Å²) in [6.45, 7) is 19.9. The molecule has 0 saturated carbocycles. The largest absolute Gasteiger partial charge is 0.513 e. The van der Waals surface area contributed by atoms with Crippen molar-refractivity contribution < 1.29 is 27.1 Å². The number of carbonyl (C=O) groups excluding carboxylic acids is 1. The van der Waals surface area contributed by atoms with E-state index in [9.17, 15) is 18.0 Å². The minimum Gasteiger partial charge on any atom is -0.513 e. The summed E-state index contributed by atoms with van der Waals surface area (Å²) >= 11 is 0. The average Bonchev–Trinajstić information content (AvgIpc) is 2.21. The standard InChI is InChI=1S/C14H33F3O3Si4/c1-19-11-21(20-12(18)13(15,16)17)14(22(2,3)4,23(5,6)7)24(8,9)10/h21H,11H2,1-10H3. The van der Waals surface area contributed by atoms with Gasteiger partial charge in [0.25, 0.3) is 9.04 Å². The van der Waals surface area contributed by atoms with Crippen LogP contribution in [0.5, 0.6) is 0 Å². The van der Waals surface area contributed by atoms with Crippen LogP contribution in [0, 0.1) is 0 Å². The van der Waals surface area contributed by atoms with Gasteiger partial charge in [0.05, 0.1) is 6.23 Å². The Morgan fingerprint density at radius 2 is 1.21 bits per heavy atom. The summed E-state index contributed by atoms with van der Waals surface area (Å²) in [6, 6.07) is 0. The number of carbonyl (C=O) groups is 1. The molecule has 0 fully saturated rings. The first-order valence-corrected chi connectivity index (χ1v) is 20.5. The van der Waals surface area contributed by atoms with Crippen molar-refractivity contribution in [1.29, 1.82) is 0 Å². The predicted molar refractivity (Wildman–Crippen MR) is 104 cm³/mol. The maximum absolute atomic E-state index is 12.9. The second kappa shape index (κ2) is 7.37. The van der Waals surface area contributed by atoms with Crippen molar-refractivity contribution in [3.63, 3.8) is 0 Å². The lowest BCUT2D eigenvalue weighted by atomic mass is 10.7. The number of hydrogen-bond acceptors (Lipinski definition) is 3. The molecule has 0 radical (unpaired) electrons. The van der Waals surface area contributed by atoms with E-state index in [-0.39, 0.29) is 10.1 Å². The minimum atomic E-state index is -4.96. The molecule has 24 heavy (non-hydrogen) atoms. The molecule has 0 saturated heterocycles. The van der Waals surface area contributed by atoms with E-state index >= 15 is 0 Å².